The summed E-state index contributed by atoms with van der Waals surface area (Å²) in [5.74, 6) is 5.35. The van der Waals surface area contributed by atoms with E-state index in [1.807, 2.05) is 0 Å². The summed E-state index contributed by atoms with van der Waals surface area (Å²) in [5, 5.41) is 15.4. The Balaban J connectivity index is 1.65. The summed E-state index contributed by atoms with van der Waals surface area (Å²) in [6, 6.07) is 2.06. The third-order valence-corrected chi connectivity index (χ3v) is 5.22. The van der Waals surface area contributed by atoms with Crippen molar-refractivity contribution >= 4 is 17.7 Å². The summed E-state index contributed by atoms with van der Waals surface area (Å²) < 4.78 is 46.2. The van der Waals surface area contributed by atoms with Crippen molar-refractivity contribution in [2.45, 2.75) is 51.9 Å². The number of hydrogen-bond acceptors (Lipinski definition) is 6. The van der Waals surface area contributed by atoms with Crippen molar-refractivity contribution in [3.8, 4) is 17.9 Å². The normalized spacial score (nSPS) is 14.2. The highest BCUT2D eigenvalue weighted by Gasteiger charge is 2.36. The van der Waals surface area contributed by atoms with E-state index in [2.05, 4.69) is 27.2 Å². The number of carbonyl (C=O) groups excluding carboxylic acids is 2. The molecule has 0 atom stereocenters. The molecule has 1 fully saturated rings. The Labute approximate surface area is 206 Å². The number of alkyl halides is 3. The lowest BCUT2D eigenvalue weighted by molar-refractivity contribution is -0.138. The summed E-state index contributed by atoms with van der Waals surface area (Å²) in [6.45, 7) is 9.36. The van der Waals surface area contributed by atoms with E-state index in [1.165, 1.54) is 16.9 Å². The molecule has 0 bridgehead atoms. The van der Waals surface area contributed by atoms with Gasteiger partial charge in [0.05, 0.1) is 35.1 Å². The van der Waals surface area contributed by atoms with Gasteiger partial charge in [-0.25, -0.2) is 9.78 Å². The Morgan fingerprint density at radius 1 is 1.17 bits per heavy atom. The SMILES string of the molecule is CC(C)(C)OC(=O)N1CC(C#Cc2cnn(C(C)(C)C(=O)Nc3cnc(C#N)c(C(F)(F)F)c3)c2)C1. The van der Waals surface area contributed by atoms with Crippen LogP contribution >= 0.6 is 0 Å². The summed E-state index contributed by atoms with van der Waals surface area (Å²) in [5.41, 5.74) is -3.54. The maximum Gasteiger partial charge on any atom is 0.419 e. The van der Waals surface area contributed by atoms with Crippen molar-refractivity contribution in [2.75, 3.05) is 18.4 Å². The van der Waals surface area contributed by atoms with Gasteiger partial charge in [0.15, 0.2) is 5.69 Å². The lowest BCUT2D eigenvalue weighted by Crippen LogP contribution is -2.51. The maximum absolute atomic E-state index is 13.2. The van der Waals surface area contributed by atoms with Crippen LogP contribution in [0, 0.1) is 29.1 Å². The van der Waals surface area contributed by atoms with Crippen LogP contribution in [0.5, 0.6) is 0 Å². The summed E-state index contributed by atoms with van der Waals surface area (Å²) >= 11 is 0. The third-order valence-electron chi connectivity index (χ3n) is 5.22. The highest BCUT2D eigenvalue weighted by molar-refractivity contribution is 5.96. The lowest BCUT2D eigenvalue weighted by atomic mass is 10.0. The van der Waals surface area contributed by atoms with Crippen LogP contribution in [0.15, 0.2) is 24.7 Å². The fourth-order valence-corrected chi connectivity index (χ4v) is 3.15. The number of halogens is 3. The number of anilines is 1. The topological polar surface area (TPSA) is 113 Å². The van der Waals surface area contributed by atoms with Crippen LogP contribution in [0.1, 0.15) is 51.4 Å². The number of likely N-dealkylation sites (tertiary alicyclic amines) is 1. The second-order valence-corrected chi connectivity index (χ2v) is 9.77. The van der Waals surface area contributed by atoms with Gasteiger partial charge in [-0.15, -0.1) is 0 Å². The molecule has 0 unspecified atom stereocenters. The molecule has 36 heavy (non-hydrogen) atoms. The number of aromatic nitrogens is 3. The fraction of sp³-hybridized carbons (Fsp3) is 0.458. The fourth-order valence-electron chi connectivity index (χ4n) is 3.15. The van der Waals surface area contributed by atoms with Gasteiger partial charge in [0.1, 0.15) is 17.2 Å². The molecule has 0 saturated carbocycles. The molecular weight excluding hydrogens is 477 g/mol. The van der Waals surface area contributed by atoms with Gasteiger partial charge >= 0.3 is 12.3 Å². The quantitative estimate of drug-likeness (QED) is 0.640. The van der Waals surface area contributed by atoms with Crippen molar-refractivity contribution in [1.29, 1.82) is 5.26 Å². The molecule has 12 heteroatoms. The summed E-state index contributed by atoms with van der Waals surface area (Å²) in [6.07, 6.45) is -1.18. The van der Waals surface area contributed by atoms with Gasteiger partial charge in [0.2, 0.25) is 0 Å². The molecule has 2 aromatic heterocycles. The van der Waals surface area contributed by atoms with Crippen molar-refractivity contribution in [1.82, 2.24) is 19.7 Å². The Kier molecular flexibility index (Phi) is 7.03. The van der Waals surface area contributed by atoms with Crippen LogP contribution < -0.4 is 5.32 Å². The molecule has 0 radical (unpaired) electrons. The van der Waals surface area contributed by atoms with E-state index in [1.54, 1.807) is 45.7 Å². The number of amides is 2. The van der Waals surface area contributed by atoms with Gasteiger partial charge in [0, 0.05) is 19.3 Å². The average Bonchev–Trinajstić information content (AvgIpc) is 3.20. The number of nitriles is 1. The van der Waals surface area contributed by atoms with Crippen molar-refractivity contribution in [3.63, 3.8) is 0 Å². The molecule has 0 aromatic carbocycles. The minimum atomic E-state index is -4.80. The second-order valence-electron chi connectivity index (χ2n) is 9.77. The predicted octanol–water partition coefficient (Wildman–Crippen LogP) is 3.76. The molecule has 2 amide bonds. The van der Waals surface area contributed by atoms with E-state index in [-0.39, 0.29) is 17.7 Å². The number of ether oxygens (including phenoxy) is 1. The van der Waals surface area contributed by atoms with E-state index >= 15 is 0 Å². The predicted molar refractivity (Wildman–Crippen MR) is 122 cm³/mol. The van der Waals surface area contributed by atoms with E-state index in [0.29, 0.717) is 24.7 Å². The standard InChI is InChI=1S/C24H25F3N6O3/c1-22(2,3)36-21(35)32-12-16(13-32)7-6-15-10-30-33(14-15)23(4,5)20(34)31-17-8-18(24(25,26)27)19(9-28)29-11-17/h8,10-11,14,16H,12-13H2,1-5H3,(H,31,34). The number of nitrogens with zero attached hydrogens (tertiary/aromatic N) is 5. The first-order valence-corrected chi connectivity index (χ1v) is 10.9. The highest BCUT2D eigenvalue weighted by Crippen LogP contribution is 2.33. The van der Waals surface area contributed by atoms with E-state index in [4.69, 9.17) is 10.00 Å². The van der Waals surface area contributed by atoms with Crippen LogP contribution in [0.4, 0.5) is 23.7 Å². The van der Waals surface area contributed by atoms with Gasteiger partial charge in [-0.1, -0.05) is 11.8 Å². The zero-order valence-electron chi connectivity index (χ0n) is 20.4. The minimum Gasteiger partial charge on any atom is -0.444 e. The molecular formula is C24H25F3N6O3. The van der Waals surface area contributed by atoms with Gasteiger partial charge in [-0.05, 0) is 40.7 Å². The van der Waals surface area contributed by atoms with E-state index in [9.17, 15) is 22.8 Å². The van der Waals surface area contributed by atoms with Crippen LogP contribution in [0.25, 0.3) is 0 Å². The van der Waals surface area contributed by atoms with Crippen molar-refractivity contribution < 1.29 is 27.5 Å². The maximum atomic E-state index is 13.2. The Morgan fingerprint density at radius 2 is 1.83 bits per heavy atom. The van der Waals surface area contributed by atoms with Crippen LogP contribution in [-0.2, 0) is 21.2 Å². The molecule has 9 nitrogen and oxygen atoms in total. The van der Waals surface area contributed by atoms with Gasteiger partial charge in [0.25, 0.3) is 5.91 Å². The first-order valence-electron chi connectivity index (χ1n) is 10.9. The van der Waals surface area contributed by atoms with Gasteiger partial charge < -0.3 is 15.0 Å². The molecule has 3 rings (SSSR count). The minimum absolute atomic E-state index is 0.0242. The van der Waals surface area contributed by atoms with Crippen LogP contribution in [-0.4, -0.2) is 50.4 Å². The monoisotopic (exact) mass is 502 g/mol. The second kappa shape index (κ2) is 9.53. The van der Waals surface area contributed by atoms with Crippen molar-refractivity contribution in [2.24, 2.45) is 5.92 Å². The first-order chi connectivity index (χ1) is 16.6. The van der Waals surface area contributed by atoms with Crippen LogP contribution in [0.2, 0.25) is 0 Å². The molecule has 1 saturated heterocycles. The average molecular weight is 502 g/mol. The smallest absolute Gasteiger partial charge is 0.419 e. The molecule has 2 aromatic rings. The van der Waals surface area contributed by atoms with E-state index < -0.39 is 34.5 Å². The largest absolute Gasteiger partial charge is 0.444 e. The third kappa shape index (κ3) is 6.13. The molecule has 1 aliphatic rings. The number of nitrogens with one attached hydrogen (secondary N) is 1. The molecule has 190 valence electrons. The number of hydrogen-bond donors (Lipinski definition) is 1. The molecule has 1 N–H and O–H groups in total. The summed E-state index contributed by atoms with van der Waals surface area (Å²) in [7, 11) is 0. The number of pyridine rings is 1. The number of rotatable bonds is 3. The Bertz CT molecular complexity index is 1270. The Morgan fingerprint density at radius 3 is 2.42 bits per heavy atom. The zero-order chi connectivity index (χ0) is 26.9. The molecule has 1 aliphatic heterocycles. The molecule has 0 aliphatic carbocycles. The van der Waals surface area contributed by atoms with E-state index in [0.717, 1.165) is 6.20 Å². The molecule has 3 heterocycles. The van der Waals surface area contributed by atoms with Gasteiger partial charge in [-0.3, -0.25) is 9.48 Å². The van der Waals surface area contributed by atoms with Crippen LogP contribution in [0.3, 0.4) is 0 Å². The Hall–Kier alpha value is -4.06. The van der Waals surface area contributed by atoms with Crippen molar-refractivity contribution in [3.05, 3.63) is 41.5 Å². The molecule has 0 spiro atoms. The number of carbonyl (C=O) groups is 2. The van der Waals surface area contributed by atoms with Gasteiger partial charge in [-0.2, -0.15) is 23.5 Å². The lowest BCUT2D eigenvalue weighted by Gasteiger charge is -2.37. The zero-order valence-corrected chi connectivity index (χ0v) is 20.4. The summed E-state index contributed by atoms with van der Waals surface area (Å²) in [4.78, 5) is 29.9. The first kappa shape index (κ1) is 26.5. The highest BCUT2D eigenvalue weighted by atomic mass is 19.4.